The molecule has 0 amide bonds. The second kappa shape index (κ2) is 6.77. The molecule has 2 rings (SSSR count). The number of aryl methyl sites for hydroxylation is 1. The summed E-state index contributed by atoms with van der Waals surface area (Å²) in [5.41, 5.74) is 0.898. The van der Waals surface area contributed by atoms with Crippen LogP contribution in [0.5, 0.6) is 5.75 Å². The summed E-state index contributed by atoms with van der Waals surface area (Å²) in [5, 5.41) is 3.25. The van der Waals surface area contributed by atoms with Gasteiger partial charge in [-0.05, 0) is 57.4 Å². The van der Waals surface area contributed by atoms with Gasteiger partial charge < -0.3 is 10.1 Å². The quantitative estimate of drug-likeness (QED) is 0.870. The Bertz CT molecular complexity index is 579. The minimum Gasteiger partial charge on any atom is -0.495 e. The molecule has 0 bridgehead atoms. The molecule has 0 heterocycles. The lowest BCUT2D eigenvalue weighted by molar-refractivity contribution is 0.342. The van der Waals surface area contributed by atoms with Crippen molar-refractivity contribution < 1.29 is 13.2 Å². The lowest BCUT2D eigenvalue weighted by Gasteiger charge is -2.28. The zero-order valence-electron chi connectivity index (χ0n) is 12.8. The second-order valence-electron chi connectivity index (χ2n) is 5.61. The molecule has 0 atom stereocenters. The van der Waals surface area contributed by atoms with Gasteiger partial charge in [0.25, 0.3) is 0 Å². The molecule has 0 spiro atoms. The zero-order valence-corrected chi connectivity index (χ0v) is 13.7. The van der Waals surface area contributed by atoms with Crippen molar-refractivity contribution in [2.24, 2.45) is 0 Å². The number of sulfonamides is 1. The van der Waals surface area contributed by atoms with E-state index in [9.17, 15) is 8.42 Å². The van der Waals surface area contributed by atoms with Gasteiger partial charge in [-0.2, -0.15) is 0 Å². The predicted molar refractivity (Wildman–Crippen MR) is 83.2 cm³/mol. The minimum atomic E-state index is -3.54. The molecule has 1 saturated carbocycles. The van der Waals surface area contributed by atoms with E-state index in [0.29, 0.717) is 11.8 Å². The summed E-state index contributed by atoms with van der Waals surface area (Å²) in [6.07, 6.45) is 3.71. The highest BCUT2D eigenvalue weighted by atomic mass is 32.2. The van der Waals surface area contributed by atoms with Crippen LogP contribution >= 0.6 is 0 Å². The Morgan fingerprint density at radius 3 is 2.33 bits per heavy atom. The highest BCUT2D eigenvalue weighted by Crippen LogP contribution is 2.26. The molecule has 2 N–H and O–H groups in total. The molecule has 6 heteroatoms. The topological polar surface area (TPSA) is 67.4 Å². The number of hydrogen-bond donors (Lipinski definition) is 2. The van der Waals surface area contributed by atoms with Crippen LogP contribution in [-0.4, -0.2) is 34.7 Å². The van der Waals surface area contributed by atoms with Crippen molar-refractivity contribution in [3.05, 3.63) is 23.8 Å². The van der Waals surface area contributed by atoms with E-state index < -0.39 is 10.0 Å². The van der Waals surface area contributed by atoms with Gasteiger partial charge in [0.05, 0.1) is 7.11 Å². The van der Waals surface area contributed by atoms with Gasteiger partial charge in [0, 0.05) is 12.1 Å². The van der Waals surface area contributed by atoms with Crippen molar-refractivity contribution in [3.63, 3.8) is 0 Å². The maximum atomic E-state index is 12.6. The lowest BCUT2D eigenvalue weighted by atomic mass is 9.92. The maximum absolute atomic E-state index is 12.6. The highest BCUT2D eigenvalue weighted by Gasteiger charge is 2.27. The number of hydrogen-bond acceptors (Lipinski definition) is 4. The molecule has 5 nitrogen and oxygen atoms in total. The molecule has 0 unspecified atom stereocenters. The van der Waals surface area contributed by atoms with Crippen LogP contribution in [0.15, 0.2) is 23.1 Å². The van der Waals surface area contributed by atoms with Crippen LogP contribution in [0.3, 0.4) is 0 Å². The summed E-state index contributed by atoms with van der Waals surface area (Å²) in [5.74, 6) is 0.386. The summed E-state index contributed by atoms with van der Waals surface area (Å²) in [6.45, 7) is 1.87. The van der Waals surface area contributed by atoms with E-state index in [1.54, 1.807) is 12.1 Å². The molecular formula is C15H24N2O3S. The predicted octanol–water partition coefficient (Wildman–Crippen LogP) is 1.81. The summed E-state index contributed by atoms with van der Waals surface area (Å²) >= 11 is 0. The standard InChI is InChI=1S/C15H24N2O3S/c1-11-4-9-14(20-3)15(10-11)21(18,19)17-13-7-5-12(16-2)6-8-13/h4,9-10,12-13,16-17H,5-8H2,1-3H3. The third-order valence-corrected chi connectivity index (χ3v) is 5.61. The van der Waals surface area contributed by atoms with E-state index >= 15 is 0 Å². The van der Waals surface area contributed by atoms with Crippen LogP contribution in [0.4, 0.5) is 0 Å². The average molecular weight is 312 g/mol. The molecule has 0 aliphatic heterocycles. The van der Waals surface area contributed by atoms with E-state index in [2.05, 4.69) is 10.0 Å². The van der Waals surface area contributed by atoms with Gasteiger partial charge in [0.15, 0.2) is 0 Å². The second-order valence-corrected chi connectivity index (χ2v) is 7.30. The molecule has 118 valence electrons. The molecule has 1 aliphatic carbocycles. The smallest absolute Gasteiger partial charge is 0.244 e. The van der Waals surface area contributed by atoms with E-state index in [-0.39, 0.29) is 10.9 Å². The van der Waals surface area contributed by atoms with Crippen molar-refractivity contribution >= 4 is 10.0 Å². The van der Waals surface area contributed by atoms with Crippen LogP contribution in [0.2, 0.25) is 0 Å². The van der Waals surface area contributed by atoms with E-state index in [1.165, 1.54) is 7.11 Å². The Labute approximate surface area is 127 Å². The van der Waals surface area contributed by atoms with Crippen LogP contribution in [0, 0.1) is 6.92 Å². The normalized spacial score (nSPS) is 23.0. The Hall–Kier alpha value is -1.11. The van der Waals surface area contributed by atoms with Gasteiger partial charge >= 0.3 is 0 Å². The Morgan fingerprint density at radius 1 is 1.14 bits per heavy atom. The number of rotatable bonds is 5. The minimum absolute atomic E-state index is 0.00446. The summed E-state index contributed by atoms with van der Waals surface area (Å²) in [6, 6.07) is 5.70. The molecule has 0 aromatic heterocycles. The van der Waals surface area contributed by atoms with Crippen molar-refractivity contribution in [3.8, 4) is 5.75 Å². The highest BCUT2D eigenvalue weighted by molar-refractivity contribution is 7.89. The van der Waals surface area contributed by atoms with Gasteiger partial charge in [0.2, 0.25) is 10.0 Å². The monoisotopic (exact) mass is 312 g/mol. The van der Waals surface area contributed by atoms with Crippen molar-refractivity contribution in [2.45, 2.75) is 49.6 Å². The summed E-state index contributed by atoms with van der Waals surface area (Å²) in [4.78, 5) is 0.223. The average Bonchev–Trinajstić information content (AvgIpc) is 2.47. The largest absolute Gasteiger partial charge is 0.495 e. The molecule has 1 aliphatic rings. The first-order valence-corrected chi connectivity index (χ1v) is 8.79. The van der Waals surface area contributed by atoms with Gasteiger partial charge in [-0.3, -0.25) is 0 Å². The Balaban J connectivity index is 2.14. The number of ether oxygens (including phenoxy) is 1. The van der Waals surface area contributed by atoms with Crippen LogP contribution < -0.4 is 14.8 Å². The summed E-state index contributed by atoms with van der Waals surface area (Å²) < 4.78 is 33.2. The number of nitrogens with one attached hydrogen (secondary N) is 2. The molecule has 0 radical (unpaired) electrons. The van der Waals surface area contributed by atoms with Crippen molar-refractivity contribution in [1.29, 1.82) is 0 Å². The van der Waals surface area contributed by atoms with E-state index in [0.717, 1.165) is 31.2 Å². The van der Waals surface area contributed by atoms with E-state index in [1.807, 2.05) is 20.0 Å². The molecule has 21 heavy (non-hydrogen) atoms. The fourth-order valence-electron chi connectivity index (χ4n) is 2.78. The number of methoxy groups -OCH3 is 1. The van der Waals surface area contributed by atoms with Crippen LogP contribution in [0.1, 0.15) is 31.2 Å². The first kappa shape index (κ1) is 16.3. The Kier molecular flexibility index (Phi) is 5.24. The van der Waals surface area contributed by atoms with Crippen molar-refractivity contribution in [1.82, 2.24) is 10.0 Å². The van der Waals surface area contributed by atoms with Gasteiger partial charge in [-0.1, -0.05) is 6.07 Å². The van der Waals surface area contributed by atoms with Crippen molar-refractivity contribution in [2.75, 3.05) is 14.2 Å². The molecule has 1 fully saturated rings. The third kappa shape index (κ3) is 3.96. The lowest BCUT2D eigenvalue weighted by Crippen LogP contribution is -2.41. The SMILES string of the molecule is CNC1CCC(NS(=O)(=O)c2cc(C)ccc2OC)CC1. The summed E-state index contributed by atoms with van der Waals surface area (Å²) in [7, 11) is -0.106. The molecular weight excluding hydrogens is 288 g/mol. The first-order chi connectivity index (χ1) is 9.96. The molecule has 0 saturated heterocycles. The third-order valence-electron chi connectivity index (χ3n) is 4.07. The number of benzene rings is 1. The first-order valence-electron chi connectivity index (χ1n) is 7.30. The fourth-order valence-corrected chi connectivity index (χ4v) is 4.34. The van der Waals surface area contributed by atoms with Gasteiger partial charge in [0.1, 0.15) is 10.6 Å². The zero-order chi connectivity index (χ0) is 15.5. The van der Waals surface area contributed by atoms with Crippen LogP contribution in [-0.2, 0) is 10.0 Å². The fraction of sp³-hybridized carbons (Fsp3) is 0.600. The molecule has 1 aromatic carbocycles. The van der Waals surface area contributed by atoms with E-state index in [4.69, 9.17) is 4.74 Å². The van der Waals surface area contributed by atoms with Gasteiger partial charge in [-0.25, -0.2) is 13.1 Å². The molecule has 1 aromatic rings. The van der Waals surface area contributed by atoms with Crippen LogP contribution in [0.25, 0.3) is 0 Å². The van der Waals surface area contributed by atoms with Gasteiger partial charge in [-0.15, -0.1) is 0 Å². The Morgan fingerprint density at radius 2 is 1.76 bits per heavy atom. The maximum Gasteiger partial charge on any atom is 0.244 e.